The second-order valence-corrected chi connectivity index (χ2v) is 11.8. The van der Waals surface area contributed by atoms with Crippen molar-refractivity contribution in [3.63, 3.8) is 0 Å². The molecule has 0 saturated carbocycles. The van der Waals surface area contributed by atoms with Crippen molar-refractivity contribution < 1.29 is 18.0 Å². The Morgan fingerprint density at radius 3 is 2.16 bits per heavy atom. The van der Waals surface area contributed by atoms with Crippen LogP contribution in [0.2, 0.25) is 0 Å². The van der Waals surface area contributed by atoms with Crippen LogP contribution in [0.5, 0.6) is 0 Å². The molecule has 0 radical (unpaired) electrons. The average Bonchev–Trinajstić information content (AvgIpc) is 2.87. The van der Waals surface area contributed by atoms with E-state index in [0.29, 0.717) is 5.69 Å². The number of nitrogens with zero attached hydrogens (tertiary/aromatic N) is 2. The molecule has 0 spiro atoms. The van der Waals surface area contributed by atoms with Crippen LogP contribution >= 0.6 is 15.9 Å². The summed E-state index contributed by atoms with van der Waals surface area (Å²) in [4.78, 5) is 28.5. The fourth-order valence-corrected chi connectivity index (χ4v) is 5.27. The van der Waals surface area contributed by atoms with Crippen molar-refractivity contribution in [1.29, 1.82) is 0 Å². The number of carbonyl (C=O) groups is 2. The van der Waals surface area contributed by atoms with E-state index in [1.807, 2.05) is 74.5 Å². The lowest BCUT2D eigenvalue weighted by molar-refractivity contribution is -0.139. The van der Waals surface area contributed by atoms with Crippen molar-refractivity contribution in [2.24, 2.45) is 0 Å². The first kappa shape index (κ1) is 28.4. The van der Waals surface area contributed by atoms with Crippen LogP contribution in [0.15, 0.2) is 77.3 Å². The zero-order chi connectivity index (χ0) is 27.2. The normalized spacial score (nSPS) is 12.0. The molecule has 1 N–H and O–H groups in total. The monoisotopic (exact) mass is 585 g/mol. The molecule has 0 aliphatic rings. The van der Waals surface area contributed by atoms with Crippen LogP contribution in [0.3, 0.4) is 0 Å². The zero-order valence-corrected chi connectivity index (χ0v) is 23.8. The second-order valence-electron chi connectivity index (χ2n) is 8.96. The molecule has 0 heterocycles. The van der Waals surface area contributed by atoms with Crippen LogP contribution in [-0.2, 0) is 32.6 Å². The van der Waals surface area contributed by atoms with Crippen molar-refractivity contribution in [2.45, 2.75) is 32.9 Å². The number of nitrogens with one attached hydrogen (secondary N) is 1. The van der Waals surface area contributed by atoms with Crippen molar-refractivity contribution in [1.82, 2.24) is 10.2 Å². The summed E-state index contributed by atoms with van der Waals surface area (Å²) >= 11 is 3.42. The SMILES string of the molecule is CNC(=O)C(Cc1ccccc1)N(Cc1ccc(Br)cc1)C(=O)CN(c1cccc(C)c1C)S(C)(=O)=O. The molecule has 1 atom stereocenters. The molecule has 3 aromatic carbocycles. The Bertz CT molecular complexity index is 1350. The van der Waals surface area contributed by atoms with Gasteiger partial charge in [0.2, 0.25) is 21.8 Å². The first-order valence-electron chi connectivity index (χ1n) is 11.8. The molecular formula is C28H32BrN3O4S. The fraction of sp³-hybridized carbons (Fsp3) is 0.286. The predicted molar refractivity (Wildman–Crippen MR) is 151 cm³/mol. The van der Waals surface area contributed by atoms with Gasteiger partial charge in [-0.25, -0.2) is 8.42 Å². The minimum absolute atomic E-state index is 0.140. The van der Waals surface area contributed by atoms with Gasteiger partial charge in [-0.05, 0) is 54.3 Å². The van der Waals surface area contributed by atoms with E-state index in [2.05, 4.69) is 21.2 Å². The van der Waals surface area contributed by atoms with Gasteiger partial charge in [-0.3, -0.25) is 13.9 Å². The number of aryl methyl sites for hydroxylation is 1. The summed E-state index contributed by atoms with van der Waals surface area (Å²) < 4.78 is 27.8. The molecule has 0 aromatic heterocycles. The maximum atomic E-state index is 13.9. The smallest absolute Gasteiger partial charge is 0.244 e. The van der Waals surface area contributed by atoms with E-state index >= 15 is 0 Å². The summed E-state index contributed by atoms with van der Waals surface area (Å²) in [7, 11) is -2.27. The summed E-state index contributed by atoms with van der Waals surface area (Å²) in [5.74, 6) is -0.800. The quantitative estimate of drug-likeness (QED) is 0.386. The minimum Gasteiger partial charge on any atom is -0.357 e. The highest BCUT2D eigenvalue weighted by Crippen LogP contribution is 2.26. The molecule has 0 aliphatic carbocycles. The van der Waals surface area contributed by atoms with Gasteiger partial charge in [0.15, 0.2) is 0 Å². The van der Waals surface area contributed by atoms with Gasteiger partial charge in [0.1, 0.15) is 12.6 Å². The van der Waals surface area contributed by atoms with Crippen LogP contribution in [-0.4, -0.2) is 51.0 Å². The van der Waals surface area contributed by atoms with Gasteiger partial charge in [0.25, 0.3) is 0 Å². The predicted octanol–water partition coefficient (Wildman–Crippen LogP) is 4.22. The molecule has 0 aliphatic heterocycles. The molecule has 2 amide bonds. The number of sulfonamides is 1. The Morgan fingerprint density at radius 2 is 1.57 bits per heavy atom. The summed E-state index contributed by atoms with van der Waals surface area (Å²) in [6.07, 6.45) is 1.37. The number of rotatable bonds is 10. The number of likely N-dealkylation sites (N-methyl/N-ethyl adjacent to an activating group) is 1. The largest absolute Gasteiger partial charge is 0.357 e. The van der Waals surface area contributed by atoms with E-state index in [9.17, 15) is 18.0 Å². The summed E-state index contributed by atoms with van der Waals surface area (Å²) in [6, 6.07) is 21.4. The summed E-state index contributed by atoms with van der Waals surface area (Å²) in [6.45, 7) is 3.43. The lowest BCUT2D eigenvalue weighted by atomic mass is 10.0. The van der Waals surface area contributed by atoms with Crippen molar-refractivity contribution in [2.75, 3.05) is 24.2 Å². The highest BCUT2D eigenvalue weighted by Gasteiger charge is 2.33. The number of halogens is 1. The van der Waals surface area contributed by atoms with Crippen LogP contribution in [0, 0.1) is 13.8 Å². The van der Waals surface area contributed by atoms with Crippen LogP contribution < -0.4 is 9.62 Å². The highest BCUT2D eigenvalue weighted by atomic mass is 79.9. The second kappa shape index (κ2) is 12.4. The van der Waals surface area contributed by atoms with Gasteiger partial charge in [0, 0.05) is 24.5 Å². The zero-order valence-electron chi connectivity index (χ0n) is 21.4. The number of carbonyl (C=O) groups excluding carboxylic acids is 2. The standard InChI is InChI=1S/C28H32BrN3O4S/c1-20-9-8-12-25(21(20)2)32(37(4,35)36)19-27(33)31(18-23-13-15-24(29)16-14-23)26(28(34)30-3)17-22-10-6-5-7-11-22/h5-16,26H,17-19H2,1-4H3,(H,30,34). The molecule has 1 unspecified atom stereocenters. The Labute approximate surface area is 227 Å². The van der Waals surface area contributed by atoms with Gasteiger partial charge < -0.3 is 10.2 Å². The first-order valence-corrected chi connectivity index (χ1v) is 14.5. The Kier molecular flexibility index (Phi) is 9.50. The lowest BCUT2D eigenvalue weighted by Gasteiger charge is -2.33. The highest BCUT2D eigenvalue weighted by molar-refractivity contribution is 9.10. The third-order valence-electron chi connectivity index (χ3n) is 6.31. The molecule has 37 heavy (non-hydrogen) atoms. The van der Waals surface area contributed by atoms with Crippen LogP contribution in [0.4, 0.5) is 5.69 Å². The number of anilines is 1. The van der Waals surface area contributed by atoms with Crippen LogP contribution in [0.1, 0.15) is 22.3 Å². The maximum absolute atomic E-state index is 13.9. The van der Waals surface area contributed by atoms with Gasteiger partial charge in [-0.2, -0.15) is 0 Å². The third kappa shape index (κ3) is 7.42. The molecule has 0 fully saturated rings. The molecule has 7 nitrogen and oxygen atoms in total. The Balaban J connectivity index is 2.05. The minimum atomic E-state index is -3.80. The number of amides is 2. The number of hydrogen-bond donors (Lipinski definition) is 1. The van der Waals surface area contributed by atoms with Crippen molar-refractivity contribution in [3.8, 4) is 0 Å². The van der Waals surface area contributed by atoms with E-state index in [0.717, 1.165) is 37.3 Å². The van der Waals surface area contributed by atoms with E-state index < -0.39 is 28.5 Å². The van der Waals surface area contributed by atoms with Gasteiger partial charge in [-0.15, -0.1) is 0 Å². The van der Waals surface area contributed by atoms with Gasteiger partial charge in [0.05, 0.1) is 11.9 Å². The summed E-state index contributed by atoms with van der Waals surface area (Å²) in [5.41, 5.74) is 3.83. The van der Waals surface area contributed by atoms with Gasteiger partial charge >= 0.3 is 0 Å². The van der Waals surface area contributed by atoms with E-state index in [-0.39, 0.29) is 18.9 Å². The van der Waals surface area contributed by atoms with E-state index in [1.54, 1.807) is 12.1 Å². The Morgan fingerprint density at radius 1 is 0.919 bits per heavy atom. The molecule has 3 aromatic rings. The molecule has 196 valence electrons. The molecule has 0 saturated heterocycles. The maximum Gasteiger partial charge on any atom is 0.244 e. The Hall–Kier alpha value is -3.17. The number of hydrogen-bond acceptors (Lipinski definition) is 4. The molecular weight excluding hydrogens is 554 g/mol. The van der Waals surface area contributed by atoms with E-state index in [4.69, 9.17) is 0 Å². The molecule has 9 heteroatoms. The first-order chi connectivity index (χ1) is 17.5. The topological polar surface area (TPSA) is 86.8 Å². The summed E-state index contributed by atoms with van der Waals surface area (Å²) in [5, 5.41) is 2.68. The fourth-order valence-electron chi connectivity index (χ4n) is 4.11. The molecule has 0 bridgehead atoms. The number of benzene rings is 3. The van der Waals surface area contributed by atoms with Crippen molar-refractivity contribution >= 4 is 43.5 Å². The van der Waals surface area contributed by atoms with Crippen molar-refractivity contribution in [3.05, 3.63) is 99.5 Å². The van der Waals surface area contributed by atoms with Crippen LogP contribution in [0.25, 0.3) is 0 Å². The molecule has 3 rings (SSSR count). The third-order valence-corrected chi connectivity index (χ3v) is 7.96. The van der Waals surface area contributed by atoms with E-state index in [1.165, 1.54) is 11.9 Å². The average molecular weight is 587 g/mol. The lowest BCUT2D eigenvalue weighted by Crippen LogP contribution is -2.53. The van der Waals surface area contributed by atoms with Gasteiger partial charge in [-0.1, -0.05) is 70.5 Å².